The molecule has 0 aromatic carbocycles. The van der Waals surface area contributed by atoms with Gasteiger partial charge in [-0.15, -0.1) is 0 Å². The Morgan fingerprint density at radius 2 is 0.824 bits per heavy atom. The lowest BCUT2D eigenvalue weighted by Crippen LogP contribution is -2.23. The van der Waals surface area contributed by atoms with E-state index in [1.165, 1.54) is 12.8 Å². The lowest BCUT2D eigenvalue weighted by Gasteiger charge is -2.10. The maximum atomic E-state index is 5.17. The maximum Gasteiger partial charge on any atom is 0.286 e. The highest BCUT2D eigenvalue weighted by Crippen LogP contribution is 1.79. The molecule has 1 saturated heterocycles. The third kappa shape index (κ3) is 26.5. The molecule has 0 aromatic heterocycles. The number of methoxy groups -OCH3 is 1. The van der Waals surface area contributed by atoms with Crippen molar-refractivity contribution in [2.24, 2.45) is 0 Å². The minimum absolute atomic E-state index is 0.724. The van der Waals surface area contributed by atoms with Gasteiger partial charge in [-0.05, 0) is 0 Å². The van der Waals surface area contributed by atoms with E-state index in [1.807, 2.05) is 0 Å². The SMILES string of the molecule is CCCC.COC.O1[SiH2]O[SiH2]O[SiH2]O[SiH2]O[SiH2]1. The summed E-state index contributed by atoms with van der Waals surface area (Å²) in [6.45, 7) is 4.36. The Hall–Kier alpha value is 0.844. The average Bonchev–Trinajstić information content (AvgIpc) is 2.38. The molecule has 0 atom stereocenters. The molecule has 0 aromatic rings. The fourth-order valence-corrected chi connectivity index (χ4v) is 9.49. The number of hydrogen-bond donors (Lipinski definition) is 0. The summed E-state index contributed by atoms with van der Waals surface area (Å²) in [6, 6.07) is 0. The lowest BCUT2D eigenvalue weighted by molar-refractivity contribution is 0.277. The molecule has 1 heterocycles. The normalized spacial score (nSPS) is 24.0. The molecule has 6 nitrogen and oxygen atoms in total. The molecule has 1 aliphatic heterocycles. The van der Waals surface area contributed by atoms with E-state index < -0.39 is 50.0 Å². The molecule has 1 aliphatic rings. The van der Waals surface area contributed by atoms with Gasteiger partial charge in [-0.2, -0.15) is 0 Å². The molecule has 0 unspecified atom stereocenters. The van der Waals surface area contributed by atoms with Crippen LogP contribution in [0.5, 0.6) is 0 Å². The Kier molecular flexibility index (Phi) is 26.2. The third-order valence-corrected chi connectivity index (χ3v) is 8.00. The quantitative estimate of drug-likeness (QED) is 0.481. The van der Waals surface area contributed by atoms with Gasteiger partial charge in [0.1, 0.15) is 0 Å². The van der Waals surface area contributed by atoms with Crippen molar-refractivity contribution in [2.75, 3.05) is 14.2 Å². The van der Waals surface area contributed by atoms with E-state index in [9.17, 15) is 0 Å². The summed E-state index contributed by atoms with van der Waals surface area (Å²) < 4.78 is 30.1. The van der Waals surface area contributed by atoms with Crippen molar-refractivity contribution in [1.29, 1.82) is 0 Å². The van der Waals surface area contributed by atoms with Gasteiger partial charge in [0.2, 0.25) is 0 Å². The fraction of sp³-hybridized carbons (Fsp3) is 1.00. The Morgan fingerprint density at radius 3 is 0.941 bits per heavy atom. The van der Waals surface area contributed by atoms with Crippen molar-refractivity contribution < 1.29 is 25.3 Å². The van der Waals surface area contributed by atoms with Crippen LogP contribution in [-0.4, -0.2) is 64.3 Å². The van der Waals surface area contributed by atoms with Crippen LogP contribution < -0.4 is 0 Å². The van der Waals surface area contributed by atoms with Crippen LogP contribution >= 0.6 is 0 Å². The second kappa shape index (κ2) is 22.1. The van der Waals surface area contributed by atoms with Crippen molar-refractivity contribution in [3.8, 4) is 0 Å². The second-order valence-electron chi connectivity index (χ2n) is 3.02. The van der Waals surface area contributed by atoms with Crippen LogP contribution in [0.1, 0.15) is 26.7 Å². The first-order chi connectivity index (χ1) is 8.33. The van der Waals surface area contributed by atoms with Gasteiger partial charge in [-0.1, -0.05) is 26.7 Å². The molecule has 0 radical (unpaired) electrons. The molecule has 0 amide bonds. The summed E-state index contributed by atoms with van der Waals surface area (Å²) >= 11 is 0. The zero-order valence-corrected chi connectivity index (χ0v) is 18.5. The summed E-state index contributed by atoms with van der Waals surface area (Å²) in [5.74, 6) is 0. The van der Waals surface area contributed by atoms with Crippen LogP contribution in [0.25, 0.3) is 0 Å². The Labute approximate surface area is 116 Å². The van der Waals surface area contributed by atoms with Gasteiger partial charge in [0.05, 0.1) is 0 Å². The predicted octanol–water partition coefficient (Wildman–Crippen LogP) is -2.85. The molecule has 106 valence electrons. The van der Waals surface area contributed by atoms with Gasteiger partial charge in [0.25, 0.3) is 50.0 Å². The molecule has 0 bridgehead atoms. The van der Waals surface area contributed by atoms with Crippen molar-refractivity contribution in [2.45, 2.75) is 26.7 Å². The zero-order chi connectivity index (χ0) is 13.2. The van der Waals surface area contributed by atoms with Crippen molar-refractivity contribution in [3.63, 3.8) is 0 Å². The molecular weight excluding hydrogens is 308 g/mol. The summed E-state index contributed by atoms with van der Waals surface area (Å²) in [5.41, 5.74) is 0. The van der Waals surface area contributed by atoms with E-state index in [4.69, 9.17) is 20.6 Å². The first-order valence-corrected chi connectivity index (χ1v) is 11.4. The van der Waals surface area contributed by atoms with Gasteiger partial charge >= 0.3 is 0 Å². The number of hydrogen-bond acceptors (Lipinski definition) is 6. The summed E-state index contributed by atoms with van der Waals surface area (Å²) in [6.07, 6.45) is 2.64. The topological polar surface area (TPSA) is 55.4 Å². The highest BCUT2D eigenvalue weighted by atomic mass is 28.4. The monoisotopic (exact) mass is 334 g/mol. The minimum atomic E-state index is -0.724. The zero-order valence-electron chi connectivity index (χ0n) is 11.4. The first-order valence-electron chi connectivity index (χ1n) is 5.62. The number of rotatable bonds is 1. The van der Waals surface area contributed by atoms with E-state index in [1.54, 1.807) is 14.2 Å². The van der Waals surface area contributed by atoms with Crippen LogP contribution in [0, 0.1) is 0 Å². The van der Waals surface area contributed by atoms with Gasteiger partial charge < -0.3 is 25.3 Å². The van der Waals surface area contributed by atoms with Crippen LogP contribution in [0.2, 0.25) is 0 Å². The Bertz CT molecular complexity index is 87.8. The highest BCUT2D eigenvalue weighted by molar-refractivity contribution is 6.50. The second-order valence-corrected chi connectivity index (χ2v) is 12.4. The molecule has 17 heavy (non-hydrogen) atoms. The summed E-state index contributed by atoms with van der Waals surface area (Å²) in [4.78, 5) is 0. The van der Waals surface area contributed by atoms with E-state index in [-0.39, 0.29) is 0 Å². The van der Waals surface area contributed by atoms with Gasteiger partial charge in [0.15, 0.2) is 0 Å². The molecule has 1 fully saturated rings. The van der Waals surface area contributed by atoms with Crippen molar-refractivity contribution >= 4 is 50.0 Å². The van der Waals surface area contributed by atoms with Gasteiger partial charge in [-0.3, -0.25) is 0 Å². The first kappa shape index (κ1) is 20.2. The molecule has 0 aliphatic carbocycles. The predicted molar refractivity (Wildman–Crippen MR) is 81.7 cm³/mol. The molecule has 1 rings (SSSR count). The minimum Gasteiger partial charge on any atom is -0.425 e. The Balaban J connectivity index is 0. The molecule has 0 N–H and O–H groups in total. The van der Waals surface area contributed by atoms with E-state index in [2.05, 4.69) is 18.6 Å². The third-order valence-electron chi connectivity index (χ3n) is 1.33. The molecule has 0 spiro atoms. The molecule has 0 saturated carbocycles. The van der Waals surface area contributed by atoms with Gasteiger partial charge in [0, 0.05) is 14.2 Å². The number of ether oxygens (including phenoxy) is 1. The maximum absolute atomic E-state index is 5.17. The van der Waals surface area contributed by atoms with Crippen LogP contribution in [0.4, 0.5) is 0 Å². The van der Waals surface area contributed by atoms with E-state index >= 15 is 0 Å². The molecule has 11 heteroatoms. The van der Waals surface area contributed by atoms with Crippen molar-refractivity contribution in [3.05, 3.63) is 0 Å². The lowest BCUT2D eigenvalue weighted by atomic mass is 10.4. The Morgan fingerprint density at radius 1 is 0.647 bits per heavy atom. The highest BCUT2D eigenvalue weighted by Gasteiger charge is 1.97. The van der Waals surface area contributed by atoms with E-state index in [0.717, 1.165) is 0 Å². The smallest absolute Gasteiger partial charge is 0.286 e. The summed E-state index contributed by atoms with van der Waals surface area (Å²) in [7, 11) is -0.369. The van der Waals surface area contributed by atoms with E-state index in [0.29, 0.717) is 0 Å². The standard InChI is InChI=1S/C4H10.C2H6O.H10O5Si5/c1-3-4-2;1-3-2;1-6-2-8-4-10-5-9-3-7-1/h3-4H2,1-2H3;1-2H3;6-10H2. The summed E-state index contributed by atoms with van der Waals surface area (Å²) in [5, 5.41) is 0. The van der Waals surface area contributed by atoms with Crippen molar-refractivity contribution in [1.82, 2.24) is 0 Å². The molecular formula is C6H26O6Si5. The van der Waals surface area contributed by atoms with Crippen LogP contribution in [0.3, 0.4) is 0 Å². The van der Waals surface area contributed by atoms with Gasteiger partial charge in [-0.25, -0.2) is 0 Å². The van der Waals surface area contributed by atoms with Crippen LogP contribution in [0.15, 0.2) is 0 Å². The fourth-order valence-electron chi connectivity index (χ4n) is 0.465. The van der Waals surface area contributed by atoms with Crippen LogP contribution in [-0.2, 0) is 25.3 Å². The largest absolute Gasteiger partial charge is 0.425 e. The number of unbranched alkanes of at least 4 members (excludes halogenated alkanes) is 1. The average molecular weight is 335 g/mol.